The molecule has 1 N–H and O–H groups in total. The van der Waals surface area contributed by atoms with Crippen molar-refractivity contribution in [1.82, 2.24) is 10.3 Å². The molecule has 1 aromatic heterocycles. The van der Waals surface area contributed by atoms with Crippen molar-refractivity contribution in [3.63, 3.8) is 0 Å². The second-order valence-electron chi connectivity index (χ2n) is 5.97. The Hall–Kier alpha value is -1.09. The zero-order valence-corrected chi connectivity index (χ0v) is 12.0. The van der Waals surface area contributed by atoms with Gasteiger partial charge in [-0.2, -0.15) is 0 Å². The Morgan fingerprint density at radius 2 is 1.95 bits per heavy atom. The molecule has 1 saturated heterocycles. The highest BCUT2D eigenvalue weighted by atomic mass is 15.2. The molecule has 0 unspecified atom stereocenters. The maximum absolute atomic E-state index is 5.01. The lowest BCUT2D eigenvalue weighted by Crippen LogP contribution is -2.25. The van der Waals surface area contributed by atoms with E-state index in [1.165, 1.54) is 55.8 Å². The molecule has 0 bridgehead atoms. The minimum Gasteiger partial charge on any atom is -0.357 e. The number of hydrogen-bond acceptors (Lipinski definition) is 3. The van der Waals surface area contributed by atoms with Crippen molar-refractivity contribution in [3.8, 4) is 0 Å². The summed E-state index contributed by atoms with van der Waals surface area (Å²) in [5, 5.41) is 3.50. The van der Waals surface area contributed by atoms with Crippen LogP contribution in [0.15, 0.2) is 12.1 Å². The van der Waals surface area contributed by atoms with Gasteiger partial charge in [0.15, 0.2) is 0 Å². The molecule has 3 nitrogen and oxygen atoms in total. The third kappa shape index (κ3) is 2.92. The van der Waals surface area contributed by atoms with E-state index >= 15 is 0 Å². The normalized spacial score (nSPS) is 24.5. The topological polar surface area (TPSA) is 28.2 Å². The average molecular weight is 259 g/mol. The molecule has 3 heteroatoms. The number of anilines is 1. The van der Waals surface area contributed by atoms with Crippen molar-refractivity contribution in [2.24, 2.45) is 0 Å². The van der Waals surface area contributed by atoms with Crippen molar-refractivity contribution in [3.05, 3.63) is 23.4 Å². The van der Waals surface area contributed by atoms with Crippen LogP contribution in [0, 0.1) is 0 Å². The van der Waals surface area contributed by atoms with E-state index in [-0.39, 0.29) is 0 Å². The van der Waals surface area contributed by atoms with Crippen LogP contribution >= 0.6 is 0 Å². The molecule has 0 saturated carbocycles. The monoisotopic (exact) mass is 259 g/mol. The van der Waals surface area contributed by atoms with Crippen molar-refractivity contribution >= 4 is 5.82 Å². The number of rotatable bonds is 1. The van der Waals surface area contributed by atoms with E-state index in [0.29, 0.717) is 5.92 Å². The highest BCUT2D eigenvalue weighted by Gasteiger charge is 2.18. The van der Waals surface area contributed by atoms with Gasteiger partial charge in [0.1, 0.15) is 5.82 Å². The van der Waals surface area contributed by atoms with Crippen molar-refractivity contribution in [2.75, 3.05) is 31.1 Å². The largest absolute Gasteiger partial charge is 0.357 e. The van der Waals surface area contributed by atoms with Gasteiger partial charge < -0.3 is 10.2 Å². The Balaban J connectivity index is 1.86. The lowest BCUT2D eigenvalue weighted by Gasteiger charge is -2.23. The minimum absolute atomic E-state index is 0.532. The molecular formula is C16H25N3. The Bertz CT molecular complexity index is 422. The zero-order valence-electron chi connectivity index (χ0n) is 12.0. The maximum Gasteiger partial charge on any atom is 0.128 e. The third-order valence-electron chi connectivity index (χ3n) is 4.42. The van der Waals surface area contributed by atoms with Gasteiger partial charge in [-0.15, -0.1) is 0 Å². The average Bonchev–Trinajstić information content (AvgIpc) is 2.80. The quantitative estimate of drug-likeness (QED) is 0.840. The molecule has 2 aliphatic rings. The van der Waals surface area contributed by atoms with E-state index in [2.05, 4.69) is 29.3 Å². The van der Waals surface area contributed by atoms with Crippen LogP contribution in [0.1, 0.15) is 49.8 Å². The molecule has 19 heavy (non-hydrogen) atoms. The first-order chi connectivity index (χ1) is 9.34. The highest BCUT2D eigenvalue weighted by molar-refractivity contribution is 5.43. The van der Waals surface area contributed by atoms with Crippen LogP contribution in [0.5, 0.6) is 0 Å². The summed E-state index contributed by atoms with van der Waals surface area (Å²) in [4.78, 5) is 7.49. The molecule has 1 fully saturated rings. The number of hydrogen-bond donors (Lipinski definition) is 1. The molecular weight excluding hydrogens is 234 g/mol. The SMILES string of the molecule is C[C@@H]1CNCCc2ccc(N3CCCCCC3)nc21. The second kappa shape index (κ2) is 5.91. The summed E-state index contributed by atoms with van der Waals surface area (Å²) in [5.74, 6) is 1.74. The first-order valence-corrected chi connectivity index (χ1v) is 7.80. The molecule has 0 radical (unpaired) electrons. The van der Waals surface area contributed by atoms with E-state index < -0.39 is 0 Å². The van der Waals surface area contributed by atoms with E-state index in [9.17, 15) is 0 Å². The number of pyridine rings is 1. The molecule has 0 amide bonds. The molecule has 3 rings (SSSR count). The van der Waals surface area contributed by atoms with Gasteiger partial charge in [0.05, 0.1) is 5.69 Å². The smallest absolute Gasteiger partial charge is 0.128 e. The molecule has 1 aromatic rings. The first kappa shape index (κ1) is 12.9. The van der Waals surface area contributed by atoms with Gasteiger partial charge in [0.2, 0.25) is 0 Å². The Labute approximate surface area is 116 Å². The van der Waals surface area contributed by atoms with Crippen molar-refractivity contribution in [2.45, 2.75) is 44.9 Å². The fourth-order valence-corrected chi connectivity index (χ4v) is 3.25. The summed E-state index contributed by atoms with van der Waals surface area (Å²) < 4.78 is 0. The molecule has 0 aliphatic carbocycles. The summed E-state index contributed by atoms with van der Waals surface area (Å²) in [6, 6.07) is 4.55. The Morgan fingerprint density at radius 1 is 1.16 bits per heavy atom. The molecule has 3 heterocycles. The molecule has 0 aromatic carbocycles. The second-order valence-corrected chi connectivity index (χ2v) is 5.97. The Morgan fingerprint density at radius 3 is 2.74 bits per heavy atom. The van der Waals surface area contributed by atoms with Gasteiger partial charge in [-0.1, -0.05) is 25.8 Å². The first-order valence-electron chi connectivity index (χ1n) is 7.80. The van der Waals surface area contributed by atoms with Crippen LogP contribution in [0.25, 0.3) is 0 Å². The van der Waals surface area contributed by atoms with Crippen LogP contribution in [0.4, 0.5) is 5.82 Å². The number of nitrogens with zero attached hydrogens (tertiary/aromatic N) is 2. The van der Waals surface area contributed by atoms with Crippen LogP contribution in [-0.4, -0.2) is 31.2 Å². The van der Waals surface area contributed by atoms with Gasteiger partial charge >= 0.3 is 0 Å². The summed E-state index contributed by atoms with van der Waals surface area (Å²) in [6.07, 6.45) is 6.50. The van der Waals surface area contributed by atoms with Crippen LogP contribution in [0.3, 0.4) is 0 Å². The zero-order chi connectivity index (χ0) is 13.1. The minimum atomic E-state index is 0.532. The van der Waals surface area contributed by atoms with Crippen molar-refractivity contribution in [1.29, 1.82) is 0 Å². The van der Waals surface area contributed by atoms with E-state index in [1.54, 1.807) is 0 Å². The van der Waals surface area contributed by atoms with Crippen molar-refractivity contribution < 1.29 is 0 Å². The lowest BCUT2D eigenvalue weighted by atomic mass is 10.0. The predicted octanol–water partition coefficient (Wildman–Crippen LogP) is 2.71. The number of nitrogens with one attached hydrogen (secondary N) is 1. The predicted molar refractivity (Wildman–Crippen MR) is 79.9 cm³/mol. The van der Waals surface area contributed by atoms with E-state index in [1.807, 2.05) is 0 Å². The van der Waals surface area contributed by atoms with Crippen LogP contribution in [-0.2, 0) is 6.42 Å². The summed E-state index contributed by atoms with van der Waals surface area (Å²) in [6.45, 7) is 6.79. The fraction of sp³-hybridized carbons (Fsp3) is 0.688. The highest BCUT2D eigenvalue weighted by Crippen LogP contribution is 2.25. The summed E-state index contributed by atoms with van der Waals surface area (Å²) >= 11 is 0. The Kier molecular flexibility index (Phi) is 4.02. The van der Waals surface area contributed by atoms with Gasteiger partial charge in [-0.25, -0.2) is 4.98 Å². The fourth-order valence-electron chi connectivity index (χ4n) is 3.25. The van der Waals surface area contributed by atoms with E-state index in [0.717, 1.165) is 19.5 Å². The lowest BCUT2D eigenvalue weighted by molar-refractivity contribution is 0.635. The van der Waals surface area contributed by atoms with Gasteiger partial charge in [0, 0.05) is 25.6 Å². The van der Waals surface area contributed by atoms with Crippen LogP contribution in [0.2, 0.25) is 0 Å². The van der Waals surface area contributed by atoms with E-state index in [4.69, 9.17) is 4.98 Å². The summed E-state index contributed by atoms with van der Waals surface area (Å²) in [5.41, 5.74) is 2.77. The molecule has 0 spiro atoms. The molecule has 2 aliphatic heterocycles. The van der Waals surface area contributed by atoms with Gasteiger partial charge in [-0.3, -0.25) is 0 Å². The number of fused-ring (bicyclic) bond motifs is 1. The third-order valence-corrected chi connectivity index (χ3v) is 4.42. The standard InChI is InChI=1S/C16H25N3/c1-13-12-17-9-8-14-6-7-15(18-16(13)14)19-10-4-2-3-5-11-19/h6-7,13,17H,2-5,8-12H2,1H3/t13-/m1/s1. The summed E-state index contributed by atoms with van der Waals surface area (Å²) in [7, 11) is 0. The number of aromatic nitrogens is 1. The van der Waals surface area contributed by atoms with Crippen LogP contribution < -0.4 is 10.2 Å². The molecule has 1 atom stereocenters. The maximum atomic E-state index is 5.01. The van der Waals surface area contributed by atoms with Gasteiger partial charge in [-0.05, 0) is 37.4 Å². The van der Waals surface area contributed by atoms with Gasteiger partial charge in [0.25, 0.3) is 0 Å². The molecule has 104 valence electrons.